The molecule has 0 aromatic heterocycles. The number of carbonyl (C=O) groups is 1. The monoisotopic (exact) mass is 295 g/mol. The molecule has 5 nitrogen and oxygen atoms in total. The highest BCUT2D eigenvalue weighted by atomic mass is 16.6. The zero-order chi connectivity index (χ0) is 16.2. The van der Waals surface area contributed by atoms with Crippen LogP contribution < -0.4 is 0 Å². The number of methoxy groups -OCH3 is 1. The Kier molecular flexibility index (Phi) is 5.87. The van der Waals surface area contributed by atoms with Gasteiger partial charge in [0.1, 0.15) is 0 Å². The Morgan fingerprint density at radius 3 is 2.62 bits per heavy atom. The number of ether oxygens (including phenoxy) is 1. The first-order valence-electron chi connectivity index (χ1n) is 7.32. The first kappa shape index (κ1) is 17.6. The molecule has 1 aliphatic carbocycles. The molecule has 2 atom stereocenters. The fourth-order valence-electron chi connectivity index (χ4n) is 2.84. The summed E-state index contributed by atoms with van der Waals surface area (Å²) in [6.45, 7) is 7.75. The molecular formula is C16H25NO4. The lowest BCUT2D eigenvalue weighted by Crippen LogP contribution is -2.40. The summed E-state index contributed by atoms with van der Waals surface area (Å²) in [5.41, 5.74) is 4.65. The van der Waals surface area contributed by atoms with E-state index >= 15 is 0 Å². The Labute approximate surface area is 126 Å². The van der Waals surface area contributed by atoms with Crippen molar-refractivity contribution in [2.45, 2.75) is 53.1 Å². The predicted octanol–water partition coefficient (Wildman–Crippen LogP) is 3.17. The normalized spacial score (nSPS) is 22.6. The molecule has 1 saturated carbocycles. The lowest BCUT2D eigenvalue weighted by atomic mass is 9.67. The molecule has 0 aromatic carbocycles. The van der Waals surface area contributed by atoms with E-state index in [1.165, 1.54) is 7.11 Å². The maximum absolute atomic E-state index is 12.8. The molecule has 0 radical (unpaired) electrons. The Balaban J connectivity index is 3.04. The molecule has 5 heteroatoms. The largest absolute Gasteiger partial charge is 0.380 e. The summed E-state index contributed by atoms with van der Waals surface area (Å²) in [7, 11) is 1.52. The van der Waals surface area contributed by atoms with Gasteiger partial charge in [-0.25, -0.2) is 0 Å². The standard InChI is InChI=1S/C16H25NO4/c1-11(2)10-13-15(18)12(6-8-16(13,3)4)14(21-5)7-9-17(19)20/h12,14H,6-9H2,1-5H3. The van der Waals surface area contributed by atoms with Gasteiger partial charge in [0, 0.05) is 35.4 Å². The molecule has 0 aromatic rings. The van der Waals surface area contributed by atoms with Crippen molar-refractivity contribution in [3.63, 3.8) is 0 Å². The highest BCUT2D eigenvalue weighted by Crippen LogP contribution is 2.42. The van der Waals surface area contributed by atoms with Crippen LogP contribution in [0.1, 0.15) is 47.0 Å². The summed E-state index contributed by atoms with van der Waals surface area (Å²) < 4.78 is 5.36. The molecule has 1 rings (SSSR count). The van der Waals surface area contributed by atoms with E-state index in [-0.39, 0.29) is 35.0 Å². The van der Waals surface area contributed by atoms with Gasteiger partial charge in [0.2, 0.25) is 6.54 Å². The SMILES string of the molecule is COC(CC[N+](=O)[O-])C1CCC(C)(C)C(=C=C(C)C)C1=O. The molecule has 1 aliphatic rings. The molecule has 0 heterocycles. The van der Waals surface area contributed by atoms with Crippen molar-refractivity contribution in [3.05, 3.63) is 27.0 Å². The van der Waals surface area contributed by atoms with Crippen LogP contribution in [0.2, 0.25) is 0 Å². The topological polar surface area (TPSA) is 69.4 Å². The van der Waals surface area contributed by atoms with Gasteiger partial charge in [-0.3, -0.25) is 14.9 Å². The van der Waals surface area contributed by atoms with Gasteiger partial charge in [0.15, 0.2) is 5.78 Å². The first-order valence-corrected chi connectivity index (χ1v) is 7.32. The van der Waals surface area contributed by atoms with Crippen LogP contribution >= 0.6 is 0 Å². The minimum Gasteiger partial charge on any atom is -0.380 e. The van der Waals surface area contributed by atoms with Crippen LogP contribution in [0.4, 0.5) is 0 Å². The Bertz CT molecular complexity index is 483. The molecular weight excluding hydrogens is 270 g/mol. The predicted molar refractivity (Wildman–Crippen MR) is 80.7 cm³/mol. The number of Topliss-reactive ketones (excluding diaryl/α,β-unsaturated/α-hetero) is 1. The molecule has 118 valence electrons. The number of rotatable bonds is 5. The van der Waals surface area contributed by atoms with Gasteiger partial charge in [-0.05, 0) is 32.3 Å². The zero-order valence-corrected chi connectivity index (χ0v) is 13.6. The number of carbonyl (C=O) groups excluding carboxylic acids is 1. The number of allylic oxidation sites excluding steroid dienone is 1. The fraction of sp³-hybridized carbons (Fsp3) is 0.750. The molecule has 0 amide bonds. The third kappa shape index (κ3) is 4.51. The first-order chi connectivity index (χ1) is 9.69. The number of nitro groups is 1. The van der Waals surface area contributed by atoms with E-state index in [2.05, 4.69) is 5.73 Å². The molecule has 0 spiro atoms. The van der Waals surface area contributed by atoms with E-state index in [0.29, 0.717) is 12.0 Å². The Hall–Kier alpha value is -1.45. The van der Waals surface area contributed by atoms with Crippen molar-refractivity contribution in [2.75, 3.05) is 13.7 Å². The maximum atomic E-state index is 12.8. The van der Waals surface area contributed by atoms with Crippen LogP contribution in [-0.4, -0.2) is 30.5 Å². The second kappa shape index (κ2) is 7.01. The van der Waals surface area contributed by atoms with E-state index in [1.807, 2.05) is 27.7 Å². The molecule has 1 fully saturated rings. The van der Waals surface area contributed by atoms with Crippen LogP contribution in [0.3, 0.4) is 0 Å². The fourth-order valence-corrected chi connectivity index (χ4v) is 2.84. The highest BCUT2D eigenvalue weighted by molar-refractivity contribution is 5.99. The van der Waals surface area contributed by atoms with Gasteiger partial charge in [0.05, 0.1) is 6.10 Å². The molecule has 2 unspecified atom stereocenters. The third-order valence-electron chi connectivity index (χ3n) is 4.06. The third-order valence-corrected chi connectivity index (χ3v) is 4.06. The summed E-state index contributed by atoms with van der Waals surface area (Å²) in [6.07, 6.45) is 1.43. The van der Waals surface area contributed by atoms with Crippen LogP contribution in [0.15, 0.2) is 16.9 Å². The van der Waals surface area contributed by atoms with Gasteiger partial charge >= 0.3 is 0 Å². The van der Waals surface area contributed by atoms with Crippen molar-refractivity contribution in [2.24, 2.45) is 11.3 Å². The van der Waals surface area contributed by atoms with Crippen molar-refractivity contribution < 1.29 is 14.5 Å². The van der Waals surface area contributed by atoms with E-state index in [9.17, 15) is 14.9 Å². The Morgan fingerprint density at radius 1 is 1.52 bits per heavy atom. The van der Waals surface area contributed by atoms with Gasteiger partial charge < -0.3 is 4.74 Å². The number of hydrogen-bond donors (Lipinski definition) is 0. The van der Waals surface area contributed by atoms with Crippen molar-refractivity contribution in [3.8, 4) is 0 Å². The highest BCUT2D eigenvalue weighted by Gasteiger charge is 2.42. The lowest BCUT2D eigenvalue weighted by Gasteiger charge is -2.37. The van der Waals surface area contributed by atoms with E-state index in [0.717, 1.165) is 12.0 Å². The summed E-state index contributed by atoms with van der Waals surface area (Å²) >= 11 is 0. The molecule has 0 bridgehead atoms. The van der Waals surface area contributed by atoms with E-state index in [1.54, 1.807) is 0 Å². The average Bonchev–Trinajstić information content (AvgIpc) is 2.37. The Morgan fingerprint density at radius 2 is 2.14 bits per heavy atom. The summed E-state index contributed by atoms with van der Waals surface area (Å²) in [4.78, 5) is 22.9. The van der Waals surface area contributed by atoms with Crippen LogP contribution in [-0.2, 0) is 9.53 Å². The minimum atomic E-state index is -0.395. The molecule has 21 heavy (non-hydrogen) atoms. The second-order valence-corrected chi connectivity index (χ2v) is 6.51. The number of hydrogen-bond acceptors (Lipinski definition) is 4. The van der Waals surface area contributed by atoms with Gasteiger partial charge in [-0.15, -0.1) is 5.73 Å². The summed E-state index contributed by atoms with van der Waals surface area (Å²) in [5, 5.41) is 10.5. The quantitative estimate of drug-likeness (QED) is 0.338. The smallest absolute Gasteiger partial charge is 0.206 e. The van der Waals surface area contributed by atoms with Gasteiger partial charge in [0.25, 0.3) is 0 Å². The van der Waals surface area contributed by atoms with Crippen LogP contribution in [0, 0.1) is 21.4 Å². The number of nitrogens with zero attached hydrogens (tertiary/aromatic N) is 1. The summed E-state index contributed by atoms with van der Waals surface area (Å²) in [5.74, 6) is -0.271. The van der Waals surface area contributed by atoms with Crippen molar-refractivity contribution >= 4 is 5.78 Å². The van der Waals surface area contributed by atoms with Crippen molar-refractivity contribution in [1.82, 2.24) is 0 Å². The maximum Gasteiger partial charge on any atom is 0.206 e. The minimum absolute atomic E-state index is 0.0302. The lowest BCUT2D eigenvalue weighted by molar-refractivity contribution is -0.482. The van der Waals surface area contributed by atoms with Crippen LogP contribution in [0.25, 0.3) is 0 Å². The van der Waals surface area contributed by atoms with Gasteiger partial charge in [-0.2, -0.15) is 0 Å². The molecule has 0 aliphatic heterocycles. The van der Waals surface area contributed by atoms with Crippen LogP contribution in [0.5, 0.6) is 0 Å². The second-order valence-electron chi connectivity index (χ2n) is 6.51. The number of ketones is 1. The van der Waals surface area contributed by atoms with Crippen molar-refractivity contribution in [1.29, 1.82) is 0 Å². The van der Waals surface area contributed by atoms with E-state index in [4.69, 9.17) is 4.74 Å². The molecule has 0 N–H and O–H groups in total. The summed E-state index contributed by atoms with van der Waals surface area (Å²) in [6, 6.07) is 0. The van der Waals surface area contributed by atoms with E-state index < -0.39 is 6.10 Å². The van der Waals surface area contributed by atoms with Gasteiger partial charge in [-0.1, -0.05) is 13.8 Å². The molecule has 0 saturated heterocycles. The zero-order valence-electron chi connectivity index (χ0n) is 13.6. The average molecular weight is 295 g/mol.